The molecule has 0 saturated carbocycles. The maximum Gasteiger partial charge on any atom is 0.238 e. The van der Waals surface area contributed by atoms with Gasteiger partial charge in [-0.05, 0) is 44.8 Å². The second kappa shape index (κ2) is 8.42. The summed E-state index contributed by atoms with van der Waals surface area (Å²) >= 11 is 1.66. The number of sulfonamides is 1. The van der Waals surface area contributed by atoms with Crippen molar-refractivity contribution in [3.63, 3.8) is 0 Å². The van der Waals surface area contributed by atoms with Crippen LogP contribution in [0.5, 0.6) is 0 Å². The van der Waals surface area contributed by atoms with Crippen LogP contribution in [-0.4, -0.2) is 62.5 Å². The third kappa shape index (κ3) is 4.56. The smallest absolute Gasteiger partial charge is 0.238 e. The van der Waals surface area contributed by atoms with E-state index >= 15 is 0 Å². The van der Waals surface area contributed by atoms with Crippen molar-refractivity contribution in [2.75, 3.05) is 32.9 Å². The second-order valence-electron chi connectivity index (χ2n) is 6.32. The molecule has 2 rings (SSSR count). The van der Waals surface area contributed by atoms with Gasteiger partial charge in [0.15, 0.2) is 0 Å². The van der Waals surface area contributed by atoms with Gasteiger partial charge < -0.3 is 10.2 Å². The molecule has 6 nitrogen and oxygen atoms in total. The van der Waals surface area contributed by atoms with E-state index in [2.05, 4.69) is 16.3 Å². The molecule has 0 aromatic carbocycles. The Morgan fingerprint density at radius 2 is 2.25 bits per heavy atom. The first-order valence-electron chi connectivity index (χ1n) is 8.34. The summed E-state index contributed by atoms with van der Waals surface area (Å²) in [6.45, 7) is 2.76. The average Bonchev–Trinajstić information content (AvgIpc) is 3.18. The van der Waals surface area contributed by atoms with Crippen LogP contribution in [-0.2, 0) is 14.8 Å². The molecular weight excluding hydrogens is 346 g/mol. The fourth-order valence-corrected chi connectivity index (χ4v) is 5.71. The topological polar surface area (TPSA) is 69.7 Å². The lowest BCUT2D eigenvalue weighted by Gasteiger charge is -2.26. The number of hydrogen-bond acceptors (Lipinski definition) is 5. The molecule has 136 valence electrons. The molecule has 0 spiro atoms. The number of hydrogen-bond donors (Lipinski definition) is 1. The number of likely N-dealkylation sites (N-methyl/N-ethyl adjacent to an activating group) is 1. The van der Waals surface area contributed by atoms with Crippen LogP contribution < -0.4 is 5.32 Å². The lowest BCUT2D eigenvalue weighted by Crippen LogP contribution is -2.48. The van der Waals surface area contributed by atoms with Gasteiger partial charge >= 0.3 is 0 Å². The zero-order chi connectivity index (χ0) is 17.7. The first-order valence-corrected chi connectivity index (χ1v) is 10.8. The van der Waals surface area contributed by atoms with E-state index in [1.54, 1.807) is 11.3 Å². The zero-order valence-corrected chi connectivity index (χ0v) is 16.2. The Balaban J connectivity index is 2.01. The number of rotatable bonds is 8. The number of nitrogens with one attached hydrogen (secondary N) is 1. The van der Waals surface area contributed by atoms with E-state index in [4.69, 9.17) is 0 Å². The second-order valence-corrected chi connectivity index (χ2v) is 9.35. The summed E-state index contributed by atoms with van der Waals surface area (Å²) < 4.78 is 26.0. The van der Waals surface area contributed by atoms with Crippen molar-refractivity contribution in [2.45, 2.75) is 38.3 Å². The molecule has 1 aromatic heterocycles. The minimum Gasteiger partial charge on any atom is -0.353 e. The van der Waals surface area contributed by atoms with Crippen molar-refractivity contribution in [3.05, 3.63) is 22.4 Å². The molecule has 2 unspecified atom stereocenters. The first-order chi connectivity index (χ1) is 11.4. The zero-order valence-electron chi connectivity index (χ0n) is 14.6. The van der Waals surface area contributed by atoms with Crippen LogP contribution in [0.3, 0.4) is 0 Å². The summed E-state index contributed by atoms with van der Waals surface area (Å²) in [5.74, 6) is -0.0812. The van der Waals surface area contributed by atoms with E-state index in [0.29, 0.717) is 25.9 Å². The van der Waals surface area contributed by atoms with Gasteiger partial charge in [0.05, 0.1) is 11.8 Å². The fourth-order valence-electron chi connectivity index (χ4n) is 3.04. The predicted octanol–water partition coefficient (Wildman–Crippen LogP) is 1.67. The Bertz CT molecular complexity index is 629. The van der Waals surface area contributed by atoms with Gasteiger partial charge in [0, 0.05) is 18.0 Å². The Labute approximate surface area is 148 Å². The largest absolute Gasteiger partial charge is 0.353 e. The van der Waals surface area contributed by atoms with Crippen LogP contribution in [0, 0.1) is 0 Å². The quantitative estimate of drug-likeness (QED) is 0.753. The third-order valence-electron chi connectivity index (χ3n) is 4.29. The minimum absolute atomic E-state index is 0.0936. The minimum atomic E-state index is -3.34. The summed E-state index contributed by atoms with van der Waals surface area (Å²) in [4.78, 5) is 15.8. The summed E-state index contributed by atoms with van der Waals surface area (Å²) in [5.41, 5.74) is 0. The molecule has 1 amide bonds. The van der Waals surface area contributed by atoms with Gasteiger partial charge in [-0.15, -0.1) is 11.3 Å². The summed E-state index contributed by atoms with van der Waals surface area (Å²) in [5, 5.41) is 4.98. The first kappa shape index (κ1) is 19.4. The van der Waals surface area contributed by atoms with Crippen LogP contribution in [0.25, 0.3) is 0 Å². The van der Waals surface area contributed by atoms with Crippen LogP contribution in [0.2, 0.25) is 0 Å². The van der Waals surface area contributed by atoms with Gasteiger partial charge in [-0.2, -0.15) is 4.31 Å². The van der Waals surface area contributed by atoms with E-state index in [-0.39, 0.29) is 17.7 Å². The third-order valence-corrected chi connectivity index (χ3v) is 7.34. The maximum absolute atomic E-state index is 12.6. The van der Waals surface area contributed by atoms with Gasteiger partial charge in [-0.3, -0.25) is 4.79 Å². The Morgan fingerprint density at radius 1 is 1.50 bits per heavy atom. The van der Waals surface area contributed by atoms with Crippen LogP contribution >= 0.6 is 11.3 Å². The molecule has 2 atom stereocenters. The predicted molar refractivity (Wildman–Crippen MR) is 97.6 cm³/mol. The van der Waals surface area contributed by atoms with Crippen molar-refractivity contribution in [2.24, 2.45) is 0 Å². The van der Waals surface area contributed by atoms with Gasteiger partial charge in [-0.25, -0.2) is 8.42 Å². The molecule has 8 heteroatoms. The Hall–Kier alpha value is -0.960. The highest BCUT2D eigenvalue weighted by atomic mass is 32.2. The lowest BCUT2D eigenvalue weighted by atomic mass is 10.2. The van der Waals surface area contributed by atoms with Gasteiger partial charge in [-0.1, -0.05) is 13.0 Å². The lowest BCUT2D eigenvalue weighted by molar-refractivity contribution is -0.124. The normalized spacial score (nSPS) is 20.4. The van der Waals surface area contributed by atoms with Crippen molar-refractivity contribution >= 4 is 27.3 Å². The van der Waals surface area contributed by atoms with Crippen molar-refractivity contribution in [1.29, 1.82) is 0 Å². The number of thiophene rings is 1. The van der Waals surface area contributed by atoms with E-state index in [9.17, 15) is 13.2 Å². The van der Waals surface area contributed by atoms with Crippen LogP contribution in [0.1, 0.15) is 37.1 Å². The molecule has 1 aliphatic heterocycles. The maximum atomic E-state index is 12.6. The van der Waals surface area contributed by atoms with Crippen molar-refractivity contribution in [3.8, 4) is 0 Å². The van der Waals surface area contributed by atoms with Gasteiger partial charge in [0.1, 0.15) is 6.04 Å². The van der Waals surface area contributed by atoms with E-state index < -0.39 is 16.1 Å². The summed E-state index contributed by atoms with van der Waals surface area (Å²) in [6.07, 6.45) is 1.90. The fraction of sp³-hybridized carbons (Fsp3) is 0.688. The average molecular weight is 374 g/mol. The molecular formula is C16H27N3O3S2. The molecule has 0 bridgehead atoms. The summed E-state index contributed by atoms with van der Waals surface area (Å²) in [7, 11) is 0.614. The molecule has 1 saturated heterocycles. The standard InChI is InChI=1S/C16H27N3O3S2/c1-4-11-24(21,22)19-9-5-7-13(19)16(20)17-12-14(18(2)3)15-8-6-10-23-15/h6,8,10,13-14H,4-5,7,9,11-12H2,1-3H3,(H,17,20). The molecule has 24 heavy (non-hydrogen) atoms. The number of amides is 1. The number of carbonyl (C=O) groups excluding carboxylic acids is 1. The van der Waals surface area contributed by atoms with Gasteiger partial charge in [0.2, 0.25) is 15.9 Å². The van der Waals surface area contributed by atoms with Crippen molar-refractivity contribution in [1.82, 2.24) is 14.5 Å². The van der Waals surface area contributed by atoms with E-state index in [0.717, 1.165) is 6.42 Å². The van der Waals surface area contributed by atoms with E-state index in [1.807, 2.05) is 32.5 Å². The number of nitrogens with zero attached hydrogens (tertiary/aromatic N) is 2. The summed E-state index contributed by atoms with van der Waals surface area (Å²) in [6, 6.07) is 3.58. The molecule has 0 aliphatic carbocycles. The highest BCUT2D eigenvalue weighted by Crippen LogP contribution is 2.24. The Kier molecular flexibility index (Phi) is 6.79. The van der Waals surface area contributed by atoms with Crippen molar-refractivity contribution < 1.29 is 13.2 Å². The molecule has 1 fully saturated rings. The monoisotopic (exact) mass is 373 g/mol. The molecule has 2 heterocycles. The van der Waals surface area contributed by atoms with Gasteiger partial charge in [0.25, 0.3) is 0 Å². The van der Waals surface area contributed by atoms with E-state index in [1.165, 1.54) is 9.18 Å². The highest BCUT2D eigenvalue weighted by molar-refractivity contribution is 7.89. The Morgan fingerprint density at radius 3 is 2.83 bits per heavy atom. The van der Waals surface area contributed by atoms with Crippen LogP contribution in [0.15, 0.2) is 17.5 Å². The SMILES string of the molecule is CCCS(=O)(=O)N1CCCC1C(=O)NCC(c1cccs1)N(C)C. The molecule has 1 aliphatic rings. The highest BCUT2D eigenvalue weighted by Gasteiger charge is 2.38. The molecule has 0 radical (unpaired) electrons. The molecule has 1 aromatic rings. The number of carbonyl (C=O) groups is 1. The van der Waals surface area contributed by atoms with Crippen LogP contribution in [0.4, 0.5) is 0 Å². The molecule has 1 N–H and O–H groups in total.